The number of hydrogen-bond donors (Lipinski definition) is 2. The Bertz CT molecular complexity index is 526. The van der Waals surface area contributed by atoms with Crippen molar-refractivity contribution in [2.75, 3.05) is 20.2 Å². The Morgan fingerprint density at radius 3 is 2.65 bits per heavy atom. The molecule has 1 aromatic carbocycles. The van der Waals surface area contributed by atoms with Crippen LogP contribution in [-0.2, 0) is 10.4 Å². The van der Waals surface area contributed by atoms with Crippen molar-refractivity contribution in [3.05, 3.63) is 29.8 Å². The fourth-order valence-corrected chi connectivity index (χ4v) is 3.32. The molecular weight excluding hydrogens is 292 g/mol. The molecule has 0 aliphatic carbocycles. The Hall–Kier alpha value is -1.59. The Balaban J connectivity index is 2.11. The van der Waals surface area contributed by atoms with Crippen LogP contribution in [-0.4, -0.2) is 48.2 Å². The molecule has 1 saturated heterocycles. The lowest BCUT2D eigenvalue weighted by Gasteiger charge is -2.36. The fraction of sp³-hybridized carbons (Fsp3) is 0.611. The van der Waals surface area contributed by atoms with Gasteiger partial charge in [-0.15, -0.1) is 0 Å². The van der Waals surface area contributed by atoms with Gasteiger partial charge in [-0.2, -0.15) is 0 Å². The average Bonchev–Trinajstić information content (AvgIpc) is 2.95. The van der Waals surface area contributed by atoms with Crippen LogP contribution in [0.2, 0.25) is 0 Å². The molecule has 0 bridgehead atoms. The number of nitrogens with one attached hydrogen (secondary N) is 1. The molecule has 0 saturated carbocycles. The van der Waals surface area contributed by atoms with Crippen LogP contribution in [0.4, 0.5) is 0 Å². The molecule has 1 amide bonds. The molecule has 0 aromatic heterocycles. The molecule has 1 aliphatic rings. The third-order valence-electron chi connectivity index (χ3n) is 4.48. The quantitative estimate of drug-likeness (QED) is 0.840. The van der Waals surface area contributed by atoms with Gasteiger partial charge in [0.05, 0.1) is 13.7 Å². The van der Waals surface area contributed by atoms with E-state index in [2.05, 4.69) is 10.2 Å². The summed E-state index contributed by atoms with van der Waals surface area (Å²) < 4.78 is 5.17. The van der Waals surface area contributed by atoms with E-state index in [0.29, 0.717) is 6.54 Å². The molecule has 5 heteroatoms. The van der Waals surface area contributed by atoms with Crippen molar-refractivity contribution in [1.82, 2.24) is 10.2 Å². The summed E-state index contributed by atoms with van der Waals surface area (Å²) in [6.45, 7) is 6.90. The molecule has 1 aromatic rings. The minimum absolute atomic E-state index is 0.0115. The zero-order chi connectivity index (χ0) is 17.0. The lowest BCUT2D eigenvalue weighted by atomic mass is 9.86. The number of amides is 1. The summed E-state index contributed by atoms with van der Waals surface area (Å²) in [4.78, 5) is 14.1. The van der Waals surface area contributed by atoms with Crippen LogP contribution in [0, 0.1) is 0 Å². The van der Waals surface area contributed by atoms with Crippen LogP contribution in [0.1, 0.15) is 39.2 Å². The van der Waals surface area contributed by atoms with Crippen LogP contribution in [0.25, 0.3) is 0 Å². The Kier molecular flexibility index (Phi) is 5.65. The van der Waals surface area contributed by atoms with Gasteiger partial charge in [0.2, 0.25) is 5.91 Å². The summed E-state index contributed by atoms with van der Waals surface area (Å²) in [5.74, 6) is 0.779. The molecule has 128 valence electrons. The van der Waals surface area contributed by atoms with Gasteiger partial charge in [-0.1, -0.05) is 12.1 Å². The van der Waals surface area contributed by atoms with Gasteiger partial charge in [0.25, 0.3) is 0 Å². The van der Waals surface area contributed by atoms with Crippen LogP contribution in [0.15, 0.2) is 24.3 Å². The summed E-state index contributed by atoms with van der Waals surface area (Å²) in [6.07, 6.45) is 1.87. The molecule has 1 fully saturated rings. The van der Waals surface area contributed by atoms with E-state index in [1.807, 2.05) is 45.0 Å². The van der Waals surface area contributed by atoms with Crippen LogP contribution in [0.5, 0.6) is 5.75 Å². The fourth-order valence-electron chi connectivity index (χ4n) is 3.32. The number of aliphatic hydroxyl groups is 1. The highest BCUT2D eigenvalue weighted by atomic mass is 16.5. The predicted molar refractivity (Wildman–Crippen MR) is 90.4 cm³/mol. The standard InChI is InChI=1S/C18H28N2O3/c1-13(2)19-17(21)12-20-11-5-6-16(20)18(3,22)14-7-9-15(23-4)10-8-14/h7-10,13,16,22H,5-6,11-12H2,1-4H3,(H,19,21)/t16-,18+/m0/s1. The topological polar surface area (TPSA) is 61.8 Å². The van der Waals surface area contributed by atoms with Crippen molar-refractivity contribution < 1.29 is 14.6 Å². The van der Waals surface area contributed by atoms with E-state index in [1.54, 1.807) is 7.11 Å². The van der Waals surface area contributed by atoms with Gasteiger partial charge in [-0.25, -0.2) is 0 Å². The van der Waals surface area contributed by atoms with E-state index in [0.717, 1.165) is 30.7 Å². The first-order valence-electron chi connectivity index (χ1n) is 8.25. The number of hydrogen-bond acceptors (Lipinski definition) is 4. The van der Waals surface area contributed by atoms with Crippen molar-refractivity contribution in [3.8, 4) is 5.75 Å². The molecule has 1 aliphatic heterocycles. The number of rotatable bonds is 6. The zero-order valence-electron chi connectivity index (χ0n) is 14.5. The normalized spacial score (nSPS) is 21.2. The molecule has 0 radical (unpaired) electrons. The summed E-state index contributed by atoms with van der Waals surface area (Å²) in [6, 6.07) is 7.57. The minimum atomic E-state index is -0.999. The van der Waals surface area contributed by atoms with E-state index in [4.69, 9.17) is 4.74 Å². The molecule has 1 heterocycles. The van der Waals surface area contributed by atoms with Crippen molar-refractivity contribution in [2.24, 2.45) is 0 Å². The smallest absolute Gasteiger partial charge is 0.234 e. The number of carbonyl (C=O) groups excluding carboxylic acids is 1. The van der Waals surface area contributed by atoms with E-state index in [-0.39, 0.29) is 18.0 Å². The summed E-state index contributed by atoms with van der Waals surface area (Å²) in [7, 11) is 1.62. The molecule has 2 atom stereocenters. The number of benzene rings is 1. The van der Waals surface area contributed by atoms with Gasteiger partial charge in [0, 0.05) is 12.1 Å². The van der Waals surface area contributed by atoms with Crippen LogP contribution < -0.4 is 10.1 Å². The Morgan fingerprint density at radius 2 is 2.09 bits per heavy atom. The Labute approximate surface area is 138 Å². The summed E-state index contributed by atoms with van der Waals surface area (Å²) in [5.41, 5.74) is -0.152. The molecule has 0 spiro atoms. The predicted octanol–water partition coefficient (Wildman–Crippen LogP) is 1.89. The third-order valence-corrected chi connectivity index (χ3v) is 4.48. The van der Waals surface area contributed by atoms with E-state index < -0.39 is 5.60 Å². The van der Waals surface area contributed by atoms with E-state index in [1.165, 1.54) is 0 Å². The second kappa shape index (κ2) is 7.32. The molecule has 0 unspecified atom stereocenters. The van der Waals surface area contributed by atoms with Crippen molar-refractivity contribution >= 4 is 5.91 Å². The monoisotopic (exact) mass is 320 g/mol. The molecule has 2 N–H and O–H groups in total. The number of methoxy groups -OCH3 is 1. The largest absolute Gasteiger partial charge is 0.497 e. The number of likely N-dealkylation sites (tertiary alicyclic amines) is 1. The maximum absolute atomic E-state index is 12.1. The lowest BCUT2D eigenvalue weighted by molar-refractivity contribution is -0.124. The van der Waals surface area contributed by atoms with Crippen molar-refractivity contribution in [2.45, 2.75) is 51.3 Å². The van der Waals surface area contributed by atoms with Gasteiger partial charge in [0.1, 0.15) is 11.4 Å². The van der Waals surface area contributed by atoms with Crippen molar-refractivity contribution in [3.63, 3.8) is 0 Å². The maximum atomic E-state index is 12.1. The van der Waals surface area contributed by atoms with E-state index in [9.17, 15) is 9.90 Å². The van der Waals surface area contributed by atoms with Gasteiger partial charge in [-0.05, 0) is 57.9 Å². The first-order chi connectivity index (χ1) is 10.8. The van der Waals surface area contributed by atoms with Crippen molar-refractivity contribution in [1.29, 1.82) is 0 Å². The highest BCUT2D eigenvalue weighted by Crippen LogP contribution is 2.35. The molecule has 5 nitrogen and oxygen atoms in total. The minimum Gasteiger partial charge on any atom is -0.497 e. The molecular formula is C18H28N2O3. The molecule has 2 rings (SSSR count). The second-order valence-electron chi connectivity index (χ2n) is 6.73. The van der Waals surface area contributed by atoms with E-state index >= 15 is 0 Å². The van der Waals surface area contributed by atoms with Gasteiger partial charge in [0.15, 0.2) is 0 Å². The number of nitrogens with zero attached hydrogens (tertiary/aromatic N) is 1. The highest BCUT2D eigenvalue weighted by Gasteiger charge is 2.41. The van der Waals surface area contributed by atoms with Gasteiger partial charge >= 0.3 is 0 Å². The summed E-state index contributed by atoms with van der Waals surface area (Å²) >= 11 is 0. The second-order valence-corrected chi connectivity index (χ2v) is 6.73. The zero-order valence-corrected chi connectivity index (χ0v) is 14.5. The lowest BCUT2D eigenvalue weighted by Crippen LogP contribution is -2.49. The SMILES string of the molecule is COc1ccc([C@@](C)(O)[C@@H]2CCCN2CC(=O)NC(C)C)cc1. The third kappa shape index (κ3) is 4.24. The first-order valence-corrected chi connectivity index (χ1v) is 8.25. The van der Waals surface area contributed by atoms with Gasteiger partial charge in [-0.3, -0.25) is 9.69 Å². The highest BCUT2D eigenvalue weighted by molar-refractivity contribution is 5.78. The Morgan fingerprint density at radius 1 is 1.43 bits per heavy atom. The maximum Gasteiger partial charge on any atom is 0.234 e. The number of carbonyl (C=O) groups is 1. The van der Waals surface area contributed by atoms with Crippen LogP contribution in [0.3, 0.4) is 0 Å². The first kappa shape index (κ1) is 17.8. The summed E-state index contributed by atoms with van der Waals surface area (Å²) in [5, 5.41) is 14.0. The van der Waals surface area contributed by atoms with Crippen LogP contribution >= 0.6 is 0 Å². The molecule has 23 heavy (non-hydrogen) atoms. The van der Waals surface area contributed by atoms with Gasteiger partial charge < -0.3 is 15.2 Å². The number of ether oxygens (including phenoxy) is 1. The average molecular weight is 320 g/mol.